The third-order valence-electron chi connectivity index (χ3n) is 6.96. The van der Waals surface area contributed by atoms with Crippen molar-refractivity contribution in [3.63, 3.8) is 0 Å². The van der Waals surface area contributed by atoms with Crippen LogP contribution in [0.3, 0.4) is 0 Å². The predicted octanol–water partition coefficient (Wildman–Crippen LogP) is 3.55. The molecule has 2 saturated heterocycles. The molecule has 0 radical (unpaired) electrons. The number of fused-ring (bicyclic) bond motifs is 1. The molecule has 8 nitrogen and oxygen atoms in total. The maximum atomic E-state index is 13.5. The lowest BCUT2D eigenvalue weighted by Gasteiger charge is -2.53. The van der Waals surface area contributed by atoms with Crippen LogP contribution in [-0.4, -0.2) is 57.2 Å². The van der Waals surface area contributed by atoms with Crippen molar-refractivity contribution in [3.8, 4) is 11.5 Å². The second-order valence-electron chi connectivity index (χ2n) is 8.80. The highest BCUT2D eigenvalue weighted by atomic mass is 19.1. The molecule has 34 heavy (non-hydrogen) atoms. The number of likely N-dealkylation sites (tertiary alicyclic amines) is 2. The van der Waals surface area contributed by atoms with Crippen LogP contribution < -0.4 is 9.47 Å². The van der Waals surface area contributed by atoms with Crippen molar-refractivity contribution in [2.45, 2.75) is 30.8 Å². The van der Waals surface area contributed by atoms with E-state index in [2.05, 4.69) is 4.98 Å². The number of nitrogens with zero attached hydrogens (tertiary/aromatic N) is 4. The smallest absolute Gasteiger partial charge is 0.329 e. The van der Waals surface area contributed by atoms with E-state index in [-0.39, 0.29) is 36.6 Å². The van der Waals surface area contributed by atoms with E-state index >= 15 is 0 Å². The van der Waals surface area contributed by atoms with Crippen LogP contribution in [0, 0.1) is 5.82 Å². The number of β-lactam (4-membered cyclic amide) rings is 1. The summed E-state index contributed by atoms with van der Waals surface area (Å²) < 4.78 is 26.0. The molecule has 6 rings (SSSR count). The monoisotopic (exact) mass is 462 g/mol. The quantitative estimate of drug-likeness (QED) is 0.557. The number of imidazole rings is 1. The molecular formula is C25H23FN4O4. The van der Waals surface area contributed by atoms with Gasteiger partial charge in [0.1, 0.15) is 12.1 Å². The van der Waals surface area contributed by atoms with E-state index in [1.54, 1.807) is 29.4 Å². The third kappa shape index (κ3) is 3.39. The first-order valence-corrected chi connectivity index (χ1v) is 11.3. The molecule has 0 bridgehead atoms. The Hall–Kier alpha value is -3.88. The Morgan fingerprint density at radius 3 is 2.47 bits per heavy atom. The minimum absolute atomic E-state index is 0.00598. The van der Waals surface area contributed by atoms with E-state index in [1.807, 2.05) is 23.1 Å². The highest BCUT2D eigenvalue weighted by Crippen LogP contribution is 2.50. The number of ether oxygens (including phenoxy) is 2. The second-order valence-corrected chi connectivity index (χ2v) is 8.80. The van der Waals surface area contributed by atoms with Gasteiger partial charge < -0.3 is 19.3 Å². The van der Waals surface area contributed by atoms with Gasteiger partial charge in [-0.1, -0.05) is 18.2 Å². The molecule has 0 saturated carbocycles. The molecule has 0 N–H and O–H groups in total. The Kier molecular flexibility index (Phi) is 4.97. The van der Waals surface area contributed by atoms with Crippen molar-refractivity contribution in [1.29, 1.82) is 0 Å². The molecule has 0 spiro atoms. The Bertz CT molecular complexity index is 1220. The fourth-order valence-electron chi connectivity index (χ4n) is 5.23. The maximum Gasteiger partial charge on any atom is 0.329 e. The summed E-state index contributed by atoms with van der Waals surface area (Å²) in [5.41, 5.74) is 1.74. The van der Waals surface area contributed by atoms with Crippen LogP contribution in [0.15, 0.2) is 61.2 Å². The molecule has 3 aromatic rings. The highest BCUT2D eigenvalue weighted by molar-refractivity contribution is 5.92. The van der Waals surface area contributed by atoms with E-state index in [1.165, 1.54) is 23.0 Å². The first kappa shape index (κ1) is 20.7. The number of piperidine rings is 1. The summed E-state index contributed by atoms with van der Waals surface area (Å²) in [6.45, 7) is 1.29. The number of hydrogen-bond donors (Lipinski definition) is 0. The van der Waals surface area contributed by atoms with Crippen molar-refractivity contribution < 1.29 is 23.5 Å². The Balaban J connectivity index is 1.26. The molecule has 2 aromatic carbocycles. The number of aromatic nitrogens is 2. The van der Waals surface area contributed by atoms with Crippen LogP contribution in [0.4, 0.5) is 9.18 Å². The molecule has 2 atom stereocenters. The van der Waals surface area contributed by atoms with E-state index in [0.29, 0.717) is 37.4 Å². The highest BCUT2D eigenvalue weighted by Gasteiger charge is 2.52. The van der Waals surface area contributed by atoms with Gasteiger partial charge in [-0.3, -0.25) is 9.36 Å². The summed E-state index contributed by atoms with van der Waals surface area (Å²) in [5.74, 6) is 0.642. The summed E-state index contributed by atoms with van der Waals surface area (Å²) in [4.78, 5) is 33.8. The van der Waals surface area contributed by atoms with Crippen molar-refractivity contribution in [2.24, 2.45) is 0 Å². The molecule has 3 aliphatic heterocycles. The van der Waals surface area contributed by atoms with Gasteiger partial charge in [-0.15, -0.1) is 0 Å². The van der Waals surface area contributed by atoms with Gasteiger partial charge in [0, 0.05) is 31.5 Å². The number of rotatable bonds is 3. The van der Waals surface area contributed by atoms with Gasteiger partial charge in [0.2, 0.25) is 12.7 Å². The van der Waals surface area contributed by atoms with Crippen LogP contribution in [0.2, 0.25) is 0 Å². The Morgan fingerprint density at radius 1 is 1.00 bits per heavy atom. The standard InChI is InChI=1S/C25H23FN4O4/c26-18-4-1-16(2-5-18)22-23(17-3-6-20-21(13-17)34-15-33-20)30(24(22)31)19-7-10-28(11-8-19)25(32)29-12-9-27-14-29/h1-6,9,12-14,19,22-23H,7-8,10-11,15H2/t22-,23-/m1/s1. The van der Waals surface area contributed by atoms with Crippen LogP contribution in [0.25, 0.3) is 0 Å². The van der Waals surface area contributed by atoms with E-state index in [4.69, 9.17) is 9.47 Å². The van der Waals surface area contributed by atoms with Gasteiger partial charge in [0.15, 0.2) is 11.5 Å². The summed E-state index contributed by atoms with van der Waals surface area (Å²) in [5, 5.41) is 0. The summed E-state index contributed by atoms with van der Waals surface area (Å²) in [6, 6.07) is 11.6. The van der Waals surface area contributed by atoms with Gasteiger partial charge in [-0.25, -0.2) is 14.2 Å². The molecule has 0 unspecified atom stereocenters. The summed E-state index contributed by atoms with van der Waals surface area (Å²) in [6.07, 6.45) is 6.08. The van der Waals surface area contributed by atoms with Gasteiger partial charge in [-0.2, -0.15) is 0 Å². The second kappa shape index (κ2) is 8.16. The minimum atomic E-state index is -0.397. The van der Waals surface area contributed by atoms with Crippen LogP contribution in [0.1, 0.15) is 35.9 Å². The molecule has 1 aromatic heterocycles. The first-order chi connectivity index (χ1) is 16.6. The van der Waals surface area contributed by atoms with E-state index < -0.39 is 5.92 Å². The largest absolute Gasteiger partial charge is 0.454 e. The minimum Gasteiger partial charge on any atom is -0.454 e. The molecule has 4 heterocycles. The van der Waals surface area contributed by atoms with Crippen molar-refractivity contribution in [2.75, 3.05) is 19.9 Å². The fraction of sp³-hybridized carbons (Fsp3) is 0.320. The average Bonchev–Trinajstić information content (AvgIpc) is 3.56. The number of amides is 2. The zero-order chi connectivity index (χ0) is 23.2. The maximum absolute atomic E-state index is 13.5. The van der Waals surface area contributed by atoms with E-state index in [0.717, 1.165) is 11.1 Å². The van der Waals surface area contributed by atoms with Crippen molar-refractivity contribution in [1.82, 2.24) is 19.4 Å². The van der Waals surface area contributed by atoms with Gasteiger partial charge in [0.25, 0.3) is 0 Å². The number of halogens is 1. The fourth-order valence-corrected chi connectivity index (χ4v) is 5.23. The third-order valence-corrected chi connectivity index (χ3v) is 6.96. The van der Waals surface area contributed by atoms with Crippen LogP contribution in [0.5, 0.6) is 11.5 Å². The normalized spacial score (nSPS) is 22.1. The Labute approximate surface area is 195 Å². The number of benzene rings is 2. The number of carbonyl (C=O) groups is 2. The molecule has 9 heteroatoms. The molecule has 2 fully saturated rings. The molecule has 0 aliphatic carbocycles. The lowest BCUT2D eigenvalue weighted by atomic mass is 9.75. The van der Waals surface area contributed by atoms with Crippen molar-refractivity contribution in [3.05, 3.63) is 78.1 Å². The summed E-state index contributed by atoms with van der Waals surface area (Å²) >= 11 is 0. The van der Waals surface area contributed by atoms with Gasteiger partial charge >= 0.3 is 6.03 Å². The Morgan fingerprint density at radius 2 is 1.74 bits per heavy atom. The van der Waals surface area contributed by atoms with E-state index in [9.17, 15) is 14.0 Å². The lowest BCUT2D eigenvalue weighted by Crippen LogP contribution is -2.60. The zero-order valence-electron chi connectivity index (χ0n) is 18.3. The molecule has 174 valence electrons. The molecule has 3 aliphatic rings. The number of hydrogen-bond acceptors (Lipinski definition) is 5. The zero-order valence-corrected chi connectivity index (χ0v) is 18.3. The number of carbonyl (C=O) groups excluding carboxylic acids is 2. The molecule has 2 amide bonds. The van der Waals surface area contributed by atoms with Crippen LogP contribution in [-0.2, 0) is 4.79 Å². The topological polar surface area (TPSA) is 76.9 Å². The first-order valence-electron chi connectivity index (χ1n) is 11.3. The van der Waals surface area contributed by atoms with Crippen molar-refractivity contribution >= 4 is 11.9 Å². The van der Waals surface area contributed by atoms with Crippen LogP contribution >= 0.6 is 0 Å². The SMILES string of the molecule is O=C1[C@H](c2ccc(F)cc2)[C@@H](c2ccc3c(c2)OCO3)N1C1CCN(C(=O)n2ccnc2)CC1. The summed E-state index contributed by atoms with van der Waals surface area (Å²) in [7, 11) is 0. The predicted molar refractivity (Wildman–Crippen MR) is 119 cm³/mol. The molecular weight excluding hydrogens is 439 g/mol. The average molecular weight is 462 g/mol. The lowest BCUT2D eigenvalue weighted by molar-refractivity contribution is -0.156. The van der Waals surface area contributed by atoms with Gasteiger partial charge in [0.05, 0.1) is 12.0 Å². The van der Waals surface area contributed by atoms with Gasteiger partial charge in [-0.05, 0) is 48.2 Å².